The van der Waals surface area contributed by atoms with Crippen LogP contribution >= 0.6 is 34.5 Å². The first-order valence-corrected chi connectivity index (χ1v) is 11.8. The number of likely N-dealkylation sites (N-methyl/N-ethyl adjacent to an activating group) is 1. The van der Waals surface area contributed by atoms with Gasteiger partial charge in [-0.1, -0.05) is 34.5 Å². The van der Waals surface area contributed by atoms with Crippen molar-refractivity contribution in [3.05, 3.63) is 40.4 Å². The number of aromatic nitrogens is 1. The highest BCUT2D eigenvalue weighted by molar-refractivity contribution is 7.22. The molecular formula is C22H23Cl2N5O3S. The van der Waals surface area contributed by atoms with Crippen molar-refractivity contribution in [2.75, 3.05) is 23.4 Å². The van der Waals surface area contributed by atoms with E-state index in [4.69, 9.17) is 27.9 Å². The molecule has 1 aromatic heterocycles. The predicted octanol–water partition coefficient (Wildman–Crippen LogP) is 6.75. The van der Waals surface area contributed by atoms with Gasteiger partial charge in [0.05, 0.1) is 32.6 Å². The Labute approximate surface area is 205 Å². The van der Waals surface area contributed by atoms with Crippen molar-refractivity contribution in [2.24, 2.45) is 10.2 Å². The van der Waals surface area contributed by atoms with Crippen molar-refractivity contribution in [2.45, 2.75) is 33.7 Å². The maximum atomic E-state index is 12.2. The number of azo groups is 1. The van der Waals surface area contributed by atoms with E-state index in [2.05, 4.69) is 20.5 Å². The molecule has 0 aliphatic rings. The van der Waals surface area contributed by atoms with E-state index in [1.54, 1.807) is 38.1 Å². The number of hydrogen-bond acceptors (Lipinski definition) is 8. The number of carbonyl (C=O) groups is 2. The Kier molecular flexibility index (Phi) is 8.23. The predicted molar refractivity (Wildman–Crippen MR) is 134 cm³/mol. The number of rotatable bonds is 8. The number of thiazole rings is 1. The molecule has 0 saturated carbocycles. The summed E-state index contributed by atoms with van der Waals surface area (Å²) in [6.45, 7) is 7.77. The smallest absolute Gasteiger partial charge is 0.328 e. The van der Waals surface area contributed by atoms with Gasteiger partial charge in [0, 0.05) is 19.2 Å². The summed E-state index contributed by atoms with van der Waals surface area (Å²) in [7, 11) is 0. The third kappa shape index (κ3) is 5.98. The van der Waals surface area contributed by atoms with Crippen LogP contribution in [-0.4, -0.2) is 36.1 Å². The summed E-state index contributed by atoms with van der Waals surface area (Å²) in [5, 5.41) is 12.6. The maximum absolute atomic E-state index is 12.2. The first-order valence-electron chi connectivity index (χ1n) is 10.3. The lowest BCUT2D eigenvalue weighted by atomic mass is 10.2. The van der Waals surface area contributed by atoms with E-state index >= 15 is 0 Å². The first-order chi connectivity index (χ1) is 15.7. The highest BCUT2D eigenvalue weighted by Gasteiger charge is 2.22. The Hall–Kier alpha value is -2.75. The molecule has 3 rings (SSSR count). The summed E-state index contributed by atoms with van der Waals surface area (Å²) in [6.07, 6.45) is 0. The van der Waals surface area contributed by atoms with Gasteiger partial charge in [0.25, 0.3) is 0 Å². The second-order valence-corrected chi connectivity index (χ2v) is 8.85. The van der Waals surface area contributed by atoms with Gasteiger partial charge >= 0.3 is 5.97 Å². The molecule has 1 N–H and O–H groups in total. The van der Waals surface area contributed by atoms with Gasteiger partial charge in [-0.3, -0.25) is 4.79 Å². The molecule has 0 fully saturated rings. The van der Waals surface area contributed by atoms with Crippen LogP contribution in [0.3, 0.4) is 0 Å². The van der Waals surface area contributed by atoms with Crippen molar-refractivity contribution in [3.63, 3.8) is 0 Å². The van der Waals surface area contributed by atoms with E-state index < -0.39 is 6.04 Å². The van der Waals surface area contributed by atoms with Crippen molar-refractivity contribution < 1.29 is 14.3 Å². The fourth-order valence-electron chi connectivity index (χ4n) is 3.20. The van der Waals surface area contributed by atoms with Crippen LogP contribution in [0, 0.1) is 0 Å². The Morgan fingerprint density at radius 2 is 1.91 bits per heavy atom. The summed E-state index contributed by atoms with van der Waals surface area (Å²) >= 11 is 13.4. The Morgan fingerprint density at radius 3 is 2.58 bits per heavy atom. The molecule has 33 heavy (non-hydrogen) atoms. The monoisotopic (exact) mass is 507 g/mol. The third-order valence-corrected chi connectivity index (χ3v) is 6.35. The summed E-state index contributed by atoms with van der Waals surface area (Å²) < 4.78 is 5.98. The number of carbonyl (C=O) groups excluding carboxylic acids is 2. The molecule has 0 saturated heterocycles. The molecule has 1 amide bonds. The molecule has 1 unspecified atom stereocenters. The standard InChI is InChI=1S/C22H23Cl2N5O3S/c1-5-29(12(3)21(31)32-6-2)14-7-8-17(18(9-14)25-13(4)30)27-28-22-26-19-10-15(23)16(24)11-20(19)33-22/h7-12H,5-6H2,1-4H3,(H,25,30). The second kappa shape index (κ2) is 10.9. The molecule has 2 aromatic carbocycles. The second-order valence-electron chi connectivity index (χ2n) is 7.03. The van der Waals surface area contributed by atoms with Crippen LogP contribution in [0.1, 0.15) is 27.7 Å². The largest absolute Gasteiger partial charge is 0.464 e. The van der Waals surface area contributed by atoms with Gasteiger partial charge in [0.2, 0.25) is 11.0 Å². The molecule has 1 heterocycles. The summed E-state index contributed by atoms with van der Waals surface area (Å²) in [4.78, 5) is 30.3. The van der Waals surface area contributed by atoms with Crippen LogP contribution in [-0.2, 0) is 14.3 Å². The van der Waals surface area contributed by atoms with Crippen LogP contribution in [0.4, 0.5) is 22.2 Å². The number of ether oxygens (including phenoxy) is 1. The average molecular weight is 508 g/mol. The minimum Gasteiger partial charge on any atom is -0.464 e. The summed E-state index contributed by atoms with van der Waals surface area (Å²) in [5.74, 6) is -0.574. The number of amides is 1. The van der Waals surface area contributed by atoms with Crippen molar-refractivity contribution in [1.82, 2.24) is 4.98 Å². The summed E-state index contributed by atoms with van der Waals surface area (Å²) in [6, 6.07) is 8.22. The molecule has 0 radical (unpaired) electrons. The number of nitrogens with zero attached hydrogens (tertiary/aromatic N) is 4. The Balaban J connectivity index is 1.93. The average Bonchev–Trinajstić information content (AvgIpc) is 3.15. The Bertz CT molecular complexity index is 1180. The zero-order valence-electron chi connectivity index (χ0n) is 18.6. The van der Waals surface area contributed by atoms with Gasteiger partial charge in [-0.05, 0) is 51.1 Å². The van der Waals surface area contributed by atoms with Gasteiger partial charge in [-0.2, -0.15) is 0 Å². The highest BCUT2D eigenvalue weighted by Crippen LogP contribution is 2.36. The van der Waals surface area contributed by atoms with Crippen molar-refractivity contribution >= 4 is 78.8 Å². The maximum Gasteiger partial charge on any atom is 0.328 e. The van der Waals surface area contributed by atoms with E-state index in [9.17, 15) is 9.59 Å². The van der Waals surface area contributed by atoms with E-state index in [1.165, 1.54) is 18.3 Å². The molecule has 0 spiro atoms. The molecule has 8 nitrogen and oxygen atoms in total. The van der Waals surface area contributed by atoms with Gasteiger partial charge in [0.1, 0.15) is 11.7 Å². The molecule has 3 aromatic rings. The van der Waals surface area contributed by atoms with Gasteiger partial charge in [-0.25, -0.2) is 9.78 Å². The molecule has 0 aliphatic carbocycles. The van der Waals surface area contributed by atoms with Crippen molar-refractivity contribution in [1.29, 1.82) is 0 Å². The number of esters is 1. The number of halogens is 2. The topological polar surface area (TPSA) is 96.2 Å². The lowest BCUT2D eigenvalue weighted by molar-refractivity contribution is -0.144. The minimum absolute atomic E-state index is 0.255. The van der Waals surface area contributed by atoms with E-state index in [0.29, 0.717) is 45.2 Å². The zero-order valence-corrected chi connectivity index (χ0v) is 20.9. The molecule has 0 bridgehead atoms. The molecule has 174 valence electrons. The number of fused-ring (bicyclic) bond motifs is 1. The number of anilines is 2. The number of benzene rings is 2. The quantitative estimate of drug-likeness (QED) is 0.268. The summed E-state index contributed by atoms with van der Waals surface area (Å²) in [5.41, 5.74) is 2.33. The van der Waals surface area contributed by atoms with Crippen LogP contribution < -0.4 is 10.2 Å². The highest BCUT2D eigenvalue weighted by atomic mass is 35.5. The molecule has 0 aliphatic heterocycles. The van der Waals surface area contributed by atoms with Crippen LogP contribution in [0.25, 0.3) is 10.2 Å². The first kappa shape index (κ1) is 24.9. The van der Waals surface area contributed by atoms with Gasteiger partial charge < -0.3 is 15.0 Å². The molecule has 1 atom stereocenters. The third-order valence-electron chi connectivity index (χ3n) is 4.72. The van der Waals surface area contributed by atoms with Gasteiger partial charge in [0.15, 0.2) is 0 Å². The van der Waals surface area contributed by atoms with E-state index in [1.807, 2.05) is 17.9 Å². The minimum atomic E-state index is -0.492. The molecule has 11 heteroatoms. The van der Waals surface area contributed by atoms with Crippen LogP contribution in [0.2, 0.25) is 10.0 Å². The van der Waals surface area contributed by atoms with E-state index in [0.717, 1.165) is 10.4 Å². The normalized spacial score (nSPS) is 12.2. The molecular weight excluding hydrogens is 485 g/mol. The van der Waals surface area contributed by atoms with Gasteiger partial charge in [-0.15, -0.1) is 10.2 Å². The fraction of sp³-hybridized carbons (Fsp3) is 0.318. The van der Waals surface area contributed by atoms with Crippen LogP contribution in [0.15, 0.2) is 40.6 Å². The Morgan fingerprint density at radius 1 is 1.18 bits per heavy atom. The number of hydrogen-bond donors (Lipinski definition) is 1. The lowest BCUT2D eigenvalue weighted by Crippen LogP contribution is -2.40. The zero-order chi connectivity index (χ0) is 24.1. The van der Waals surface area contributed by atoms with Crippen LogP contribution in [0.5, 0.6) is 0 Å². The fourth-order valence-corrected chi connectivity index (χ4v) is 4.40. The van der Waals surface area contributed by atoms with Crippen molar-refractivity contribution in [3.8, 4) is 0 Å². The lowest BCUT2D eigenvalue weighted by Gasteiger charge is -2.29. The van der Waals surface area contributed by atoms with E-state index in [-0.39, 0.29) is 11.9 Å². The number of nitrogens with one attached hydrogen (secondary N) is 1. The SMILES string of the molecule is CCOC(=O)C(C)N(CC)c1ccc(N=Nc2nc3cc(Cl)c(Cl)cc3s2)c(NC(C)=O)c1.